The predicted molar refractivity (Wildman–Crippen MR) is 94.8 cm³/mol. The van der Waals surface area contributed by atoms with Gasteiger partial charge in [0.1, 0.15) is 16.2 Å². The lowest BCUT2D eigenvalue weighted by molar-refractivity contribution is 0.256. The molecule has 2 aromatic heterocycles. The van der Waals surface area contributed by atoms with Crippen molar-refractivity contribution in [3.8, 4) is 6.01 Å². The third-order valence-electron chi connectivity index (χ3n) is 3.14. The van der Waals surface area contributed by atoms with E-state index in [-0.39, 0.29) is 16.9 Å². The number of nitrogens with zero attached hydrogens (tertiary/aromatic N) is 4. The first kappa shape index (κ1) is 17.9. The van der Waals surface area contributed by atoms with Crippen LogP contribution in [0.15, 0.2) is 23.1 Å². The number of urea groups is 1. The monoisotopic (exact) mass is 394 g/mol. The van der Waals surface area contributed by atoms with E-state index < -0.39 is 16.1 Å². The number of methoxy groups -OCH3 is 1. The Morgan fingerprint density at radius 1 is 1.15 bits per heavy atom. The maximum atomic E-state index is 12.6. The number of fused-ring (bicyclic) bond motifs is 1. The van der Waals surface area contributed by atoms with Crippen molar-refractivity contribution >= 4 is 43.6 Å². The standard InChI is InChI=1S/C14H14N6O4S2/c1-7-15-12(19-14(16-7)24-3)18-13(21)20-26(22,23)10-6-4-5-9-11(10)17-8(2)25-9/h4-6H,1-3H3,(H2,15,16,18,19,20,21). The lowest BCUT2D eigenvalue weighted by Gasteiger charge is -2.09. The van der Waals surface area contributed by atoms with Gasteiger partial charge in [-0.15, -0.1) is 11.3 Å². The van der Waals surface area contributed by atoms with Crippen molar-refractivity contribution in [3.63, 3.8) is 0 Å². The van der Waals surface area contributed by atoms with Gasteiger partial charge in [0, 0.05) is 0 Å². The Hall–Kier alpha value is -2.86. The van der Waals surface area contributed by atoms with Gasteiger partial charge in [0.15, 0.2) is 0 Å². The highest BCUT2D eigenvalue weighted by molar-refractivity contribution is 7.90. The van der Waals surface area contributed by atoms with E-state index in [0.29, 0.717) is 16.0 Å². The van der Waals surface area contributed by atoms with Gasteiger partial charge in [-0.2, -0.15) is 15.0 Å². The van der Waals surface area contributed by atoms with Crippen molar-refractivity contribution in [2.75, 3.05) is 12.4 Å². The minimum atomic E-state index is -4.14. The zero-order valence-corrected chi connectivity index (χ0v) is 15.6. The van der Waals surface area contributed by atoms with Crippen LogP contribution in [-0.4, -0.2) is 41.5 Å². The van der Waals surface area contributed by atoms with Gasteiger partial charge in [-0.05, 0) is 26.0 Å². The van der Waals surface area contributed by atoms with Gasteiger partial charge in [-0.25, -0.2) is 22.9 Å². The Balaban J connectivity index is 1.85. The number of nitrogens with one attached hydrogen (secondary N) is 2. The van der Waals surface area contributed by atoms with Gasteiger partial charge < -0.3 is 4.74 Å². The fraction of sp³-hybridized carbons (Fsp3) is 0.214. The van der Waals surface area contributed by atoms with Crippen LogP contribution in [-0.2, 0) is 10.0 Å². The van der Waals surface area contributed by atoms with Crippen LogP contribution in [0.1, 0.15) is 10.8 Å². The lowest BCUT2D eigenvalue weighted by Crippen LogP contribution is -2.35. The number of para-hydroxylation sites is 1. The SMILES string of the molecule is COc1nc(C)nc(NC(=O)NS(=O)(=O)c2cccc3sc(C)nc23)n1. The number of carbonyl (C=O) groups excluding carboxylic acids is 1. The summed E-state index contributed by atoms with van der Waals surface area (Å²) in [4.78, 5) is 27.8. The van der Waals surface area contributed by atoms with E-state index in [0.717, 1.165) is 5.01 Å². The molecule has 0 aliphatic heterocycles. The summed E-state index contributed by atoms with van der Waals surface area (Å²) < 4.78 is 32.6. The fourth-order valence-corrected chi connectivity index (χ4v) is 4.15. The second-order valence-corrected chi connectivity index (χ2v) is 7.97. The van der Waals surface area contributed by atoms with Gasteiger partial charge in [0.05, 0.1) is 16.8 Å². The summed E-state index contributed by atoms with van der Waals surface area (Å²) in [6, 6.07) is 3.72. The number of hydrogen-bond donors (Lipinski definition) is 2. The van der Waals surface area contributed by atoms with E-state index >= 15 is 0 Å². The number of aryl methyl sites for hydroxylation is 2. The molecule has 3 aromatic rings. The number of carbonyl (C=O) groups is 1. The molecule has 2 heterocycles. The molecule has 0 saturated carbocycles. The number of rotatable bonds is 4. The number of hydrogen-bond acceptors (Lipinski definition) is 9. The summed E-state index contributed by atoms with van der Waals surface area (Å²) >= 11 is 1.36. The Morgan fingerprint density at radius 3 is 2.65 bits per heavy atom. The number of ether oxygens (including phenoxy) is 1. The molecular weight excluding hydrogens is 380 g/mol. The Bertz CT molecular complexity index is 1100. The first-order valence-corrected chi connectivity index (χ1v) is 9.55. The number of anilines is 1. The van der Waals surface area contributed by atoms with Crippen molar-refractivity contribution in [3.05, 3.63) is 29.0 Å². The molecule has 0 aliphatic rings. The summed E-state index contributed by atoms with van der Waals surface area (Å²) in [5.41, 5.74) is 0.313. The average molecular weight is 394 g/mol. The lowest BCUT2D eigenvalue weighted by atomic mass is 10.3. The highest BCUT2D eigenvalue weighted by atomic mass is 32.2. The van der Waals surface area contributed by atoms with Crippen molar-refractivity contribution in [2.24, 2.45) is 0 Å². The molecule has 26 heavy (non-hydrogen) atoms. The third-order valence-corrected chi connectivity index (χ3v) is 5.44. The molecular formula is C14H14N6O4S2. The largest absolute Gasteiger partial charge is 0.467 e. The number of benzene rings is 1. The Kier molecular flexibility index (Phi) is 4.70. The maximum absolute atomic E-state index is 12.6. The van der Waals surface area contributed by atoms with Crippen LogP contribution in [0.25, 0.3) is 10.2 Å². The molecule has 0 aliphatic carbocycles. The molecule has 136 valence electrons. The number of aromatic nitrogens is 4. The highest BCUT2D eigenvalue weighted by Crippen LogP contribution is 2.27. The molecule has 10 nitrogen and oxygen atoms in total. The van der Waals surface area contributed by atoms with Crippen LogP contribution in [0.2, 0.25) is 0 Å². The van der Waals surface area contributed by atoms with Gasteiger partial charge >= 0.3 is 12.0 Å². The van der Waals surface area contributed by atoms with Crippen LogP contribution in [0.5, 0.6) is 6.01 Å². The van der Waals surface area contributed by atoms with E-state index in [2.05, 4.69) is 25.3 Å². The van der Waals surface area contributed by atoms with Crippen molar-refractivity contribution < 1.29 is 17.9 Å². The molecule has 0 fully saturated rings. The Labute approximate surface area is 152 Å². The first-order chi connectivity index (χ1) is 12.3. The predicted octanol–water partition coefficient (Wildman–Crippen LogP) is 1.62. The van der Waals surface area contributed by atoms with Gasteiger partial charge in [-0.1, -0.05) is 6.07 Å². The zero-order valence-electron chi connectivity index (χ0n) is 14.0. The number of sulfonamides is 1. The van der Waals surface area contributed by atoms with Crippen molar-refractivity contribution in [2.45, 2.75) is 18.7 Å². The van der Waals surface area contributed by atoms with Crippen LogP contribution in [0, 0.1) is 13.8 Å². The summed E-state index contributed by atoms with van der Waals surface area (Å²) in [5, 5.41) is 2.97. The molecule has 0 unspecified atom stereocenters. The smallest absolute Gasteiger partial charge is 0.335 e. The van der Waals surface area contributed by atoms with Gasteiger partial charge in [0.2, 0.25) is 5.95 Å². The molecule has 0 radical (unpaired) electrons. The molecule has 0 saturated heterocycles. The molecule has 0 bridgehead atoms. The fourth-order valence-electron chi connectivity index (χ4n) is 2.16. The molecule has 1 aromatic carbocycles. The summed E-state index contributed by atoms with van der Waals surface area (Å²) in [5.74, 6) is 0.169. The minimum absolute atomic E-state index is 0.00151. The number of thiazole rings is 1. The minimum Gasteiger partial charge on any atom is -0.467 e. The molecule has 3 rings (SSSR count). The summed E-state index contributed by atoms with van der Waals surface area (Å²) in [6.07, 6.45) is 0. The van der Waals surface area contributed by atoms with E-state index in [9.17, 15) is 13.2 Å². The van der Waals surface area contributed by atoms with Gasteiger partial charge in [-0.3, -0.25) is 5.32 Å². The molecule has 2 amide bonds. The maximum Gasteiger partial charge on any atom is 0.335 e. The van der Waals surface area contributed by atoms with Crippen LogP contribution < -0.4 is 14.8 Å². The van der Waals surface area contributed by atoms with E-state index in [1.54, 1.807) is 26.0 Å². The normalized spacial score (nSPS) is 11.3. The summed E-state index contributed by atoms with van der Waals surface area (Å²) in [7, 11) is -2.78. The van der Waals surface area contributed by atoms with Crippen molar-refractivity contribution in [1.29, 1.82) is 0 Å². The quantitative estimate of drug-likeness (QED) is 0.681. The van der Waals surface area contributed by atoms with Crippen LogP contribution in [0.3, 0.4) is 0 Å². The summed E-state index contributed by atoms with van der Waals surface area (Å²) in [6.45, 7) is 3.35. The van der Waals surface area contributed by atoms with Crippen molar-refractivity contribution in [1.82, 2.24) is 24.7 Å². The van der Waals surface area contributed by atoms with Crippen LogP contribution >= 0.6 is 11.3 Å². The van der Waals surface area contributed by atoms with E-state index in [1.165, 1.54) is 24.5 Å². The average Bonchev–Trinajstić information content (AvgIpc) is 2.93. The molecule has 12 heteroatoms. The topological polar surface area (TPSA) is 136 Å². The second-order valence-electron chi connectivity index (χ2n) is 5.09. The Morgan fingerprint density at radius 2 is 1.92 bits per heavy atom. The zero-order chi connectivity index (χ0) is 18.9. The third kappa shape index (κ3) is 3.70. The molecule has 2 N–H and O–H groups in total. The van der Waals surface area contributed by atoms with E-state index in [4.69, 9.17) is 4.74 Å². The highest BCUT2D eigenvalue weighted by Gasteiger charge is 2.22. The molecule has 0 atom stereocenters. The van der Waals surface area contributed by atoms with Crippen LogP contribution in [0.4, 0.5) is 10.7 Å². The van der Waals surface area contributed by atoms with E-state index in [1.807, 2.05) is 4.72 Å². The second kappa shape index (κ2) is 6.80. The molecule has 0 spiro atoms. The van der Waals surface area contributed by atoms with Gasteiger partial charge in [0.25, 0.3) is 10.0 Å². The first-order valence-electron chi connectivity index (χ1n) is 7.25. The number of amides is 2.